The number of hydrogen-bond donors (Lipinski definition) is 2. The number of carbonyl (C=O) groups is 1. The smallest absolute Gasteiger partial charge is 0.245 e. The predicted octanol–water partition coefficient (Wildman–Crippen LogP) is 4.99. The Morgan fingerprint density at radius 3 is 2.59 bits per heavy atom. The van der Waals surface area contributed by atoms with Gasteiger partial charge in [0.15, 0.2) is 11.5 Å². The summed E-state index contributed by atoms with van der Waals surface area (Å²) >= 11 is 0. The van der Waals surface area contributed by atoms with Crippen molar-refractivity contribution in [1.82, 2.24) is 20.1 Å². The third kappa shape index (κ3) is 4.71. The standard InChI is InChI=1S/C26H25N5O3/c1-2-23(32)31-15-13-18(17-31)16-28-26-24-22(12-14-27-25(24)29-30-26)34-21-10-8-20(9-11-21)33-19-6-4-3-5-7-19/h2-12,14,18H,1,13,15-17H2,(H2,27,28,29,30)/t18-/m1/s1. The Kier molecular flexibility index (Phi) is 6.11. The monoisotopic (exact) mass is 455 g/mol. The van der Waals surface area contributed by atoms with E-state index in [9.17, 15) is 4.79 Å². The highest BCUT2D eigenvalue weighted by atomic mass is 16.5. The molecule has 0 spiro atoms. The molecular weight excluding hydrogens is 430 g/mol. The molecule has 1 aliphatic heterocycles. The van der Waals surface area contributed by atoms with E-state index in [4.69, 9.17) is 9.47 Å². The van der Waals surface area contributed by atoms with E-state index in [0.29, 0.717) is 42.0 Å². The van der Waals surface area contributed by atoms with Gasteiger partial charge in [-0.05, 0) is 54.8 Å². The summed E-state index contributed by atoms with van der Waals surface area (Å²) in [5.74, 6) is 3.82. The van der Waals surface area contributed by atoms with Crippen LogP contribution in [0.25, 0.3) is 11.0 Å². The number of anilines is 1. The second-order valence-corrected chi connectivity index (χ2v) is 8.12. The number of carbonyl (C=O) groups excluding carboxylic acids is 1. The normalized spacial score (nSPS) is 15.3. The van der Waals surface area contributed by atoms with Crippen LogP contribution in [0.5, 0.6) is 23.0 Å². The van der Waals surface area contributed by atoms with Gasteiger partial charge in [-0.3, -0.25) is 9.89 Å². The SMILES string of the molecule is C=CC(=O)N1CC[C@H](CNc2n[nH]c3nccc(Oc4ccc(Oc5ccccc5)cc4)c23)C1. The van der Waals surface area contributed by atoms with Crippen molar-refractivity contribution in [1.29, 1.82) is 0 Å². The molecule has 2 N–H and O–H groups in total. The Morgan fingerprint density at radius 1 is 1.09 bits per heavy atom. The van der Waals surface area contributed by atoms with Crippen molar-refractivity contribution in [2.24, 2.45) is 5.92 Å². The lowest BCUT2D eigenvalue weighted by atomic mass is 10.1. The van der Waals surface area contributed by atoms with Crippen LogP contribution in [0.2, 0.25) is 0 Å². The maximum absolute atomic E-state index is 11.8. The van der Waals surface area contributed by atoms with Crippen LogP contribution in [0.1, 0.15) is 6.42 Å². The van der Waals surface area contributed by atoms with E-state index in [1.807, 2.05) is 65.6 Å². The second kappa shape index (κ2) is 9.66. The molecule has 0 aliphatic carbocycles. The Bertz CT molecular complexity index is 1290. The number of amides is 1. The van der Waals surface area contributed by atoms with Crippen LogP contribution in [0, 0.1) is 5.92 Å². The number of pyridine rings is 1. The fourth-order valence-corrected chi connectivity index (χ4v) is 4.03. The number of fused-ring (bicyclic) bond motifs is 1. The summed E-state index contributed by atoms with van der Waals surface area (Å²) in [5, 5.41) is 11.5. The fraction of sp³-hybridized carbons (Fsp3) is 0.192. The van der Waals surface area contributed by atoms with Crippen LogP contribution >= 0.6 is 0 Å². The zero-order chi connectivity index (χ0) is 23.3. The van der Waals surface area contributed by atoms with E-state index in [1.165, 1.54) is 6.08 Å². The summed E-state index contributed by atoms with van der Waals surface area (Å²) in [5.41, 5.74) is 0.638. The summed E-state index contributed by atoms with van der Waals surface area (Å²) < 4.78 is 12.0. The molecule has 1 atom stereocenters. The van der Waals surface area contributed by atoms with E-state index in [0.717, 1.165) is 29.9 Å². The van der Waals surface area contributed by atoms with Crippen molar-refractivity contribution in [3.63, 3.8) is 0 Å². The van der Waals surface area contributed by atoms with Crippen molar-refractivity contribution < 1.29 is 14.3 Å². The molecule has 172 valence electrons. The molecule has 5 rings (SSSR count). The van der Waals surface area contributed by atoms with Gasteiger partial charge >= 0.3 is 0 Å². The molecule has 2 aromatic carbocycles. The largest absolute Gasteiger partial charge is 0.457 e. The number of hydrogen-bond acceptors (Lipinski definition) is 6. The van der Waals surface area contributed by atoms with Crippen molar-refractivity contribution in [2.45, 2.75) is 6.42 Å². The molecule has 1 fully saturated rings. The molecule has 1 aliphatic rings. The van der Waals surface area contributed by atoms with Gasteiger partial charge in [0.25, 0.3) is 0 Å². The minimum absolute atomic E-state index is 0.0206. The van der Waals surface area contributed by atoms with Crippen LogP contribution < -0.4 is 14.8 Å². The molecule has 0 unspecified atom stereocenters. The molecule has 1 saturated heterocycles. The lowest BCUT2D eigenvalue weighted by molar-refractivity contribution is -0.125. The van der Waals surface area contributed by atoms with Gasteiger partial charge in [0, 0.05) is 31.9 Å². The van der Waals surface area contributed by atoms with Gasteiger partial charge in [0.1, 0.15) is 28.4 Å². The summed E-state index contributed by atoms with van der Waals surface area (Å²) in [6, 6.07) is 18.9. The number of ether oxygens (including phenoxy) is 2. The van der Waals surface area contributed by atoms with E-state index >= 15 is 0 Å². The average Bonchev–Trinajstić information content (AvgIpc) is 3.52. The van der Waals surface area contributed by atoms with Crippen LogP contribution in [-0.4, -0.2) is 45.6 Å². The highest BCUT2D eigenvalue weighted by molar-refractivity contribution is 5.93. The van der Waals surface area contributed by atoms with Gasteiger partial charge in [0.2, 0.25) is 5.91 Å². The molecule has 8 nitrogen and oxygen atoms in total. The maximum atomic E-state index is 11.8. The molecule has 2 aromatic heterocycles. The highest BCUT2D eigenvalue weighted by Crippen LogP contribution is 2.34. The van der Waals surface area contributed by atoms with Crippen molar-refractivity contribution in [3.05, 3.63) is 79.5 Å². The van der Waals surface area contributed by atoms with Gasteiger partial charge in [0.05, 0.1) is 0 Å². The lowest BCUT2D eigenvalue weighted by Crippen LogP contribution is -2.27. The van der Waals surface area contributed by atoms with E-state index < -0.39 is 0 Å². The minimum Gasteiger partial charge on any atom is -0.457 e. The molecule has 34 heavy (non-hydrogen) atoms. The molecule has 0 saturated carbocycles. The Morgan fingerprint density at radius 2 is 1.82 bits per heavy atom. The van der Waals surface area contributed by atoms with E-state index in [1.54, 1.807) is 6.20 Å². The van der Waals surface area contributed by atoms with Gasteiger partial charge < -0.3 is 19.7 Å². The number of para-hydroxylation sites is 1. The Balaban J connectivity index is 1.27. The molecule has 4 aromatic rings. The number of aromatic amines is 1. The Labute approximate surface area is 197 Å². The zero-order valence-electron chi connectivity index (χ0n) is 18.6. The number of H-pyrrole nitrogens is 1. The Hall–Kier alpha value is -4.33. The molecule has 1 amide bonds. The molecular formula is C26H25N5O3. The van der Waals surface area contributed by atoms with Crippen LogP contribution in [0.15, 0.2) is 79.5 Å². The minimum atomic E-state index is -0.0206. The van der Waals surface area contributed by atoms with Gasteiger partial charge in [-0.1, -0.05) is 24.8 Å². The molecule has 3 heterocycles. The third-order valence-electron chi connectivity index (χ3n) is 5.78. The summed E-state index contributed by atoms with van der Waals surface area (Å²) in [6.07, 6.45) is 3.99. The number of nitrogens with zero attached hydrogens (tertiary/aromatic N) is 3. The first-order valence-corrected chi connectivity index (χ1v) is 11.2. The van der Waals surface area contributed by atoms with Gasteiger partial charge in [-0.2, -0.15) is 5.10 Å². The average molecular weight is 456 g/mol. The highest BCUT2D eigenvalue weighted by Gasteiger charge is 2.25. The van der Waals surface area contributed by atoms with Crippen LogP contribution in [0.3, 0.4) is 0 Å². The van der Waals surface area contributed by atoms with Crippen molar-refractivity contribution >= 4 is 22.8 Å². The summed E-state index contributed by atoms with van der Waals surface area (Å²) in [6.45, 7) is 5.72. The number of aromatic nitrogens is 3. The van der Waals surface area contributed by atoms with Gasteiger partial charge in [-0.15, -0.1) is 0 Å². The van der Waals surface area contributed by atoms with Crippen LogP contribution in [0.4, 0.5) is 5.82 Å². The second-order valence-electron chi connectivity index (χ2n) is 8.12. The summed E-state index contributed by atoms with van der Waals surface area (Å²) in [4.78, 5) is 18.0. The third-order valence-corrected chi connectivity index (χ3v) is 5.78. The van der Waals surface area contributed by atoms with Crippen molar-refractivity contribution in [2.75, 3.05) is 25.0 Å². The molecule has 8 heteroatoms. The molecule has 0 bridgehead atoms. The fourth-order valence-electron chi connectivity index (χ4n) is 4.03. The first kappa shape index (κ1) is 21.5. The zero-order valence-corrected chi connectivity index (χ0v) is 18.6. The summed E-state index contributed by atoms with van der Waals surface area (Å²) in [7, 11) is 0. The number of nitrogens with one attached hydrogen (secondary N) is 2. The number of rotatable bonds is 8. The van der Waals surface area contributed by atoms with Gasteiger partial charge in [-0.25, -0.2) is 4.98 Å². The maximum Gasteiger partial charge on any atom is 0.245 e. The van der Waals surface area contributed by atoms with E-state index in [-0.39, 0.29) is 5.91 Å². The predicted molar refractivity (Wildman–Crippen MR) is 130 cm³/mol. The lowest BCUT2D eigenvalue weighted by Gasteiger charge is -2.15. The quantitative estimate of drug-likeness (QED) is 0.364. The first-order chi connectivity index (χ1) is 16.7. The van der Waals surface area contributed by atoms with Crippen LogP contribution in [-0.2, 0) is 4.79 Å². The number of likely N-dealkylation sites (tertiary alicyclic amines) is 1. The van der Waals surface area contributed by atoms with Crippen molar-refractivity contribution in [3.8, 4) is 23.0 Å². The topological polar surface area (TPSA) is 92.4 Å². The number of benzene rings is 2. The van der Waals surface area contributed by atoms with E-state index in [2.05, 4.69) is 27.1 Å². The molecule has 0 radical (unpaired) electrons. The first-order valence-electron chi connectivity index (χ1n) is 11.2.